The summed E-state index contributed by atoms with van der Waals surface area (Å²) < 4.78 is 5.31. The Kier molecular flexibility index (Phi) is 5.15. The second-order valence-electron chi connectivity index (χ2n) is 6.99. The Bertz CT molecular complexity index is 710. The lowest BCUT2D eigenvalue weighted by Gasteiger charge is -2.41. The highest BCUT2D eigenvalue weighted by atomic mass is 16.5. The third-order valence-electron chi connectivity index (χ3n) is 5.55. The van der Waals surface area contributed by atoms with Crippen LogP contribution in [0.25, 0.3) is 0 Å². The number of nitrogens with zero attached hydrogens (tertiary/aromatic N) is 1. The summed E-state index contributed by atoms with van der Waals surface area (Å²) in [5, 5.41) is 12.3. The molecule has 1 spiro atoms. The summed E-state index contributed by atoms with van der Waals surface area (Å²) in [6.07, 6.45) is 1.96. The molecule has 2 aliphatic rings. The van der Waals surface area contributed by atoms with Crippen molar-refractivity contribution < 1.29 is 24.2 Å². The number of rotatable bonds is 5. The Morgan fingerprint density at radius 1 is 1.31 bits per heavy atom. The fraction of sp³-hybridized carbons (Fsp3) is 0.526. The number of aryl methyl sites for hydroxylation is 1. The van der Waals surface area contributed by atoms with Crippen LogP contribution < -0.4 is 10.1 Å². The summed E-state index contributed by atoms with van der Waals surface area (Å²) in [4.78, 5) is 37.5. The predicted molar refractivity (Wildman–Crippen MR) is 93.7 cm³/mol. The van der Waals surface area contributed by atoms with E-state index in [4.69, 9.17) is 4.74 Å². The maximum Gasteiger partial charge on any atom is 0.309 e. The second kappa shape index (κ2) is 7.35. The molecule has 0 unspecified atom stereocenters. The van der Waals surface area contributed by atoms with E-state index in [0.29, 0.717) is 38.8 Å². The number of ether oxygens (including phenoxy) is 1. The molecule has 2 N–H and O–H groups in total. The Morgan fingerprint density at radius 3 is 2.65 bits per heavy atom. The molecule has 1 atom stereocenters. The number of amides is 2. The molecular weight excluding hydrogens is 336 g/mol. The van der Waals surface area contributed by atoms with Gasteiger partial charge in [0.25, 0.3) is 0 Å². The number of carboxylic acids is 1. The van der Waals surface area contributed by atoms with Gasteiger partial charge in [-0.2, -0.15) is 0 Å². The number of benzene rings is 1. The molecule has 1 aromatic rings. The minimum absolute atomic E-state index is 0.0249. The van der Waals surface area contributed by atoms with Crippen LogP contribution in [0.1, 0.15) is 31.2 Å². The number of para-hydroxylation sites is 1. The van der Waals surface area contributed by atoms with Gasteiger partial charge in [-0.1, -0.05) is 18.2 Å². The number of likely N-dealkylation sites (tertiary alicyclic amines) is 1. The third kappa shape index (κ3) is 3.52. The summed E-state index contributed by atoms with van der Waals surface area (Å²) in [6, 6.07) is 7.63. The Balaban J connectivity index is 1.57. The summed E-state index contributed by atoms with van der Waals surface area (Å²) in [6.45, 7) is 0.934. The van der Waals surface area contributed by atoms with E-state index in [2.05, 4.69) is 5.32 Å². The van der Waals surface area contributed by atoms with Crippen molar-refractivity contribution in [1.82, 2.24) is 10.2 Å². The van der Waals surface area contributed by atoms with Crippen LogP contribution in [0.4, 0.5) is 0 Å². The van der Waals surface area contributed by atoms with Crippen molar-refractivity contribution in [3.05, 3.63) is 29.8 Å². The Morgan fingerprint density at radius 2 is 2.00 bits per heavy atom. The molecule has 1 aromatic carbocycles. The van der Waals surface area contributed by atoms with Crippen molar-refractivity contribution >= 4 is 17.8 Å². The molecule has 2 fully saturated rings. The molecular formula is C19H24N2O5. The molecule has 0 bridgehead atoms. The first-order valence-corrected chi connectivity index (χ1v) is 8.89. The fourth-order valence-corrected chi connectivity index (χ4v) is 4.06. The Hall–Kier alpha value is -2.57. The average molecular weight is 360 g/mol. The maximum atomic E-state index is 12.5. The van der Waals surface area contributed by atoms with Gasteiger partial charge in [0.1, 0.15) is 5.75 Å². The van der Waals surface area contributed by atoms with Crippen LogP contribution in [0.3, 0.4) is 0 Å². The van der Waals surface area contributed by atoms with E-state index >= 15 is 0 Å². The standard InChI is InChI=1S/C19H24N2O5/c1-26-15-5-3-2-4-13(15)6-7-17(23)21-10-8-19(9-11-21)14(18(24)25)12-16(22)20-19/h2-5,14H,6-12H2,1H3,(H,20,22)(H,24,25)/t14-/m0/s1. The number of piperidine rings is 1. The number of carboxylic acid groups (broad SMARTS) is 1. The van der Waals surface area contributed by atoms with Gasteiger partial charge in [0.2, 0.25) is 11.8 Å². The second-order valence-corrected chi connectivity index (χ2v) is 6.99. The number of hydrogen-bond donors (Lipinski definition) is 2. The highest BCUT2D eigenvalue weighted by molar-refractivity contribution is 5.88. The van der Waals surface area contributed by atoms with Gasteiger partial charge in [0, 0.05) is 25.9 Å². The van der Waals surface area contributed by atoms with E-state index in [-0.39, 0.29) is 18.2 Å². The predicted octanol–water partition coefficient (Wildman–Crippen LogP) is 1.21. The monoisotopic (exact) mass is 360 g/mol. The van der Waals surface area contributed by atoms with Gasteiger partial charge in [-0.3, -0.25) is 14.4 Å². The fourth-order valence-electron chi connectivity index (χ4n) is 4.06. The van der Waals surface area contributed by atoms with Crippen molar-refractivity contribution in [2.45, 2.75) is 37.6 Å². The van der Waals surface area contributed by atoms with E-state index < -0.39 is 17.4 Å². The minimum atomic E-state index is -0.945. The Labute approximate surface area is 152 Å². The van der Waals surface area contributed by atoms with Crippen LogP contribution in [0, 0.1) is 5.92 Å². The van der Waals surface area contributed by atoms with Crippen molar-refractivity contribution in [3.8, 4) is 5.75 Å². The molecule has 3 rings (SSSR count). The largest absolute Gasteiger partial charge is 0.496 e. The number of nitrogens with one attached hydrogen (secondary N) is 1. The summed E-state index contributed by atoms with van der Waals surface area (Å²) in [5.41, 5.74) is 0.286. The first kappa shape index (κ1) is 18.2. The summed E-state index contributed by atoms with van der Waals surface area (Å²) in [5.74, 6) is -1.05. The normalized spacial score (nSPS) is 21.5. The molecule has 0 aromatic heterocycles. The topological polar surface area (TPSA) is 95.9 Å². The van der Waals surface area contributed by atoms with Crippen molar-refractivity contribution in [2.24, 2.45) is 5.92 Å². The molecule has 2 heterocycles. The molecule has 7 heteroatoms. The molecule has 2 amide bonds. The molecule has 0 saturated carbocycles. The van der Waals surface area contributed by atoms with E-state index in [1.54, 1.807) is 12.0 Å². The zero-order valence-electron chi connectivity index (χ0n) is 14.9. The van der Waals surface area contributed by atoms with Crippen molar-refractivity contribution in [1.29, 1.82) is 0 Å². The van der Waals surface area contributed by atoms with Crippen LogP contribution in [0.2, 0.25) is 0 Å². The highest BCUT2D eigenvalue weighted by Crippen LogP contribution is 2.37. The maximum absolute atomic E-state index is 12.5. The first-order chi connectivity index (χ1) is 12.4. The number of carbonyl (C=O) groups excluding carboxylic acids is 2. The van der Waals surface area contributed by atoms with Gasteiger partial charge >= 0.3 is 5.97 Å². The van der Waals surface area contributed by atoms with Gasteiger partial charge in [-0.05, 0) is 30.9 Å². The quantitative estimate of drug-likeness (QED) is 0.823. The average Bonchev–Trinajstić information content (AvgIpc) is 2.96. The zero-order valence-corrected chi connectivity index (χ0v) is 14.9. The van der Waals surface area contributed by atoms with Crippen molar-refractivity contribution in [2.75, 3.05) is 20.2 Å². The van der Waals surface area contributed by atoms with Crippen LogP contribution in [-0.4, -0.2) is 53.5 Å². The van der Waals surface area contributed by atoms with E-state index in [1.165, 1.54) is 0 Å². The van der Waals surface area contributed by atoms with Gasteiger partial charge < -0.3 is 20.1 Å². The molecule has 140 valence electrons. The highest BCUT2D eigenvalue weighted by Gasteiger charge is 2.51. The van der Waals surface area contributed by atoms with Crippen molar-refractivity contribution in [3.63, 3.8) is 0 Å². The van der Waals surface area contributed by atoms with E-state index in [0.717, 1.165) is 11.3 Å². The summed E-state index contributed by atoms with van der Waals surface area (Å²) in [7, 11) is 1.61. The van der Waals surface area contributed by atoms with Gasteiger partial charge in [-0.25, -0.2) is 0 Å². The van der Waals surface area contributed by atoms with Crippen LogP contribution in [0.5, 0.6) is 5.75 Å². The lowest BCUT2D eigenvalue weighted by atomic mass is 9.77. The first-order valence-electron chi connectivity index (χ1n) is 8.89. The SMILES string of the molecule is COc1ccccc1CCC(=O)N1CCC2(CC1)NC(=O)C[C@H]2C(=O)O. The third-order valence-corrected chi connectivity index (χ3v) is 5.55. The zero-order chi connectivity index (χ0) is 18.7. The minimum Gasteiger partial charge on any atom is -0.496 e. The number of methoxy groups -OCH3 is 1. The smallest absolute Gasteiger partial charge is 0.309 e. The molecule has 2 aliphatic heterocycles. The van der Waals surface area contributed by atoms with Crippen LogP contribution in [0.15, 0.2) is 24.3 Å². The molecule has 26 heavy (non-hydrogen) atoms. The number of carbonyl (C=O) groups is 3. The van der Waals surface area contributed by atoms with Crippen LogP contribution in [-0.2, 0) is 20.8 Å². The lowest BCUT2D eigenvalue weighted by molar-refractivity contribution is -0.145. The van der Waals surface area contributed by atoms with E-state index in [1.807, 2.05) is 24.3 Å². The number of hydrogen-bond acceptors (Lipinski definition) is 4. The molecule has 7 nitrogen and oxygen atoms in total. The van der Waals surface area contributed by atoms with Crippen LogP contribution >= 0.6 is 0 Å². The van der Waals surface area contributed by atoms with Gasteiger partial charge in [0.05, 0.1) is 18.6 Å². The van der Waals surface area contributed by atoms with E-state index in [9.17, 15) is 19.5 Å². The van der Waals surface area contributed by atoms with Gasteiger partial charge in [-0.15, -0.1) is 0 Å². The summed E-state index contributed by atoms with van der Waals surface area (Å²) >= 11 is 0. The molecule has 0 radical (unpaired) electrons. The number of aliphatic carboxylic acids is 1. The molecule has 2 saturated heterocycles. The molecule has 0 aliphatic carbocycles. The van der Waals surface area contributed by atoms with Gasteiger partial charge in [0.15, 0.2) is 0 Å². The lowest BCUT2D eigenvalue weighted by Crippen LogP contribution is -2.56.